The van der Waals surface area contributed by atoms with Crippen molar-refractivity contribution >= 4 is 23.5 Å². The van der Waals surface area contributed by atoms with Crippen molar-refractivity contribution in [2.75, 3.05) is 11.4 Å². The van der Waals surface area contributed by atoms with Gasteiger partial charge in [-0.15, -0.1) is 0 Å². The second-order valence-corrected chi connectivity index (χ2v) is 5.24. The van der Waals surface area contributed by atoms with Gasteiger partial charge >= 0.3 is 5.97 Å². The van der Waals surface area contributed by atoms with Crippen LogP contribution in [0, 0.1) is 12.8 Å². The van der Waals surface area contributed by atoms with E-state index in [1.807, 2.05) is 31.2 Å². The Morgan fingerprint density at radius 2 is 1.95 bits per heavy atom. The van der Waals surface area contributed by atoms with E-state index in [1.54, 1.807) is 4.90 Å². The van der Waals surface area contributed by atoms with E-state index in [9.17, 15) is 14.4 Å². The zero-order valence-electron chi connectivity index (χ0n) is 12.0. The van der Waals surface area contributed by atoms with Gasteiger partial charge in [0, 0.05) is 12.2 Å². The van der Waals surface area contributed by atoms with Crippen LogP contribution in [0.2, 0.25) is 0 Å². The van der Waals surface area contributed by atoms with E-state index in [-0.39, 0.29) is 5.91 Å². The Morgan fingerprint density at radius 3 is 2.52 bits per heavy atom. The minimum Gasteiger partial charge on any atom is -0.480 e. The molecule has 0 aromatic heterocycles. The number of nitrogens with zero attached hydrogens (tertiary/aromatic N) is 1. The maximum atomic E-state index is 12.3. The molecule has 0 unspecified atom stereocenters. The van der Waals surface area contributed by atoms with Crippen molar-refractivity contribution in [3.8, 4) is 0 Å². The van der Waals surface area contributed by atoms with Crippen LogP contribution in [0.25, 0.3) is 0 Å². The zero-order valence-corrected chi connectivity index (χ0v) is 12.0. The van der Waals surface area contributed by atoms with Gasteiger partial charge in [-0.2, -0.15) is 0 Å². The minimum atomic E-state index is -1.12. The molecule has 2 N–H and O–H groups in total. The molecule has 2 amide bonds. The lowest BCUT2D eigenvalue weighted by atomic mass is 10.1. The topological polar surface area (TPSA) is 86.7 Å². The third-order valence-electron chi connectivity index (χ3n) is 3.60. The molecular formula is C15H18N2O4. The molecule has 1 fully saturated rings. The van der Waals surface area contributed by atoms with Crippen LogP contribution in [0.15, 0.2) is 24.3 Å². The highest BCUT2D eigenvalue weighted by molar-refractivity contribution is 6.10. The molecule has 1 aromatic rings. The van der Waals surface area contributed by atoms with Gasteiger partial charge in [-0.05, 0) is 32.4 Å². The molecule has 0 spiro atoms. The third kappa shape index (κ3) is 3.21. The quantitative estimate of drug-likeness (QED) is 0.808. The van der Waals surface area contributed by atoms with E-state index in [1.165, 1.54) is 6.92 Å². The zero-order chi connectivity index (χ0) is 15.6. The summed E-state index contributed by atoms with van der Waals surface area (Å²) in [5.41, 5.74) is 1.85. The standard InChI is InChI=1S/C15H18N2O4/c1-9-3-5-11(6-4-9)17-8-7-12(14(17)19)13(18)16-10(2)15(20)21/h3-6,10,12H,7-8H2,1-2H3,(H,16,18)(H,20,21)/t10-,12+/m0/s1. The fourth-order valence-electron chi connectivity index (χ4n) is 2.28. The predicted molar refractivity (Wildman–Crippen MR) is 76.9 cm³/mol. The Labute approximate surface area is 122 Å². The molecule has 0 aliphatic carbocycles. The molecule has 2 atom stereocenters. The average molecular weight is 290 g/mol. The van der Waals surface area contributed by atoms with E-state index in [0.717, 1.165) is 11.3 Å². The first kappa shape index (κ1) is 15.0. The van der Waals surface area contributed by atoms with Gasteiger partial charge in [0.15, 0.2) is 0 Å². The third-order valence-corrected chi connectivity index (χ3v) is 3.60. The van der Waals surface area contributed by atoms with E-state index >= 15 is 0 Å². The highest BCUT2D eigenvalue weighted by atomic mass is 16.4. The van der Waals surface area contributed by atoms with Crippen LogP contribution < -0.4 is 10.2 Å². The van der Waals surface area contributed by atoms with Crippen LogP contribution in [0.4, 0.5) is 5.69 Å². The van der Waals surface area contributed by atoms with Gasteiger partial charge in [-0.3, -0.25) is 14.4 Å². The molecule has 1 heterocycles. The molecule has 1 saturated heterocycles. The van der Waals surface area contributed by atoms with Crippen LogP contribution in [0.3, 0.4) is 0 Å². The molecule has 6 heteroatoms. The summed E-state index contributed by atoms with van der Waals surface area (Å²) in [6.45, 7) is 3.79. The fraction of sp³-hybridized carbons (Fsp3) is 0.400. The number of hydrogen-bond donors (Lipinski definition) is 2. The molecule has 0 saturated carbocycles. The Hall–Kier alpha value is -2.37. The van der Waals surface area contributed by atoms with Gasteiger partial charge in [0.25, 0.3) is 0 Å². The van der Waals surface area contributed by atoms with Crippen LogP contribution in [0.1, 0.15) is 18.9 Å². The number of carbonyl (C=O) groups excluding carboxylic acids is 2. The molecule has 0 radical (unpaired) electrons. The molecule has 2 rings (SSSR count). The lowest BCUT2D eigenvalue weighted by Gasteiger charge is -2.17. The van der Waals surface area contributed by atoms with Crippen molar-refractivity contribution in [1.29, 1.82) is 0 Å². The molecule has 0 bridgehead atoms. The lowest BCUT2D eigenvalue weighted by Crippen LogP contribution is -2.44. The molecule has 1 aliphatic rings. The van der Waals surface area contributed by atoms with E-state index in [0.29, 0.717) is 13.0 Å². The highest BCUT2D eigenvalue weighted by Crippen LogP contribution is 2.25. The maximum Gasteiger partial charge on any atom is 0.325 e. The Morgan fingerprint density at radius 1 is 1.33 bits per heavy atom. The highest BCUT2D eigenvalue weighted by Gasteiger charge is 2.38. The number of amides is 2. The summed E-state index contributed by atoms with van der Waals surface area (Å²) in [6.07, 6.45) is 0.394. The first-order valence-corrected chi connectivity index (χ1v) is 6.81. The summed E-state index contributed by atoms with van der Waals surface area (Å²) in [4.78, 5) is 36.6. The molecule has 6 nitrogen and oxygen atoms in total. The first-order chi connectivity index (χ1) is 9.90. The first-order valence-electron chi connectivity index (χ1n) is 6.81. The van der Waals surface area contributed by atoms with Crippen LogP contribution in [-0.2, 0) is 14.4 Å². The number of carboxylic acid groups (broad SMARTS) is 1. The van der Waals surface area contributed by atoms with Crippen molar-refractivity contribution < 1.29 is 19.5 Å². The van der Waals surface area contributed by atoms with Gasteiger partial charge in [0.05, 0.1) is 0 Å². The lowest BCUT2D eigenvalue weighted by molar-refractivity contribution is -0.143. The normalized spacial score (nSPS) is 19.4. The van der Waals surface area contributed by atoms with Crippen LogP contribution in [0.5, 0.6) is 0 Å². The number of carboxylic acids is 1. The fourth-order valence-corrected chi connectivity index (χ4v) is 2.28. The molecule has 112 valence electrons. The number of hydrogen-bond acceptors (Lipinski definition) is 3. The minimum absolute atomic E-state index is 0.283. The summed E-state index contributed by atoms with van der Waals surface area (Å²) < 4.78 is 0. The van der Waals surface area contributed by atoms with E-state index in [4.69, 9.17) is 5.11 Å². The van der Waals surface area contributed by atoms with Crippen molar-refractivity contribution in [3.63, 3.8) is 0 Å². The van der Waals surface area contributed by atoms with Crippen molar-refractivity contribution in [2.45, 2.75) is 26.3 Å². The Kier molecular flexibility index (Phi) is 4.26. The smallest absolute Gasteiger partial charge is 0.325 e. The summed E-state index contributed by atoms with van der Waals surface area (Å²) in [5, 5.41) is 11.1. The number of nitrogens with one attached hydrogen (secondary N) is 1. The van der Waals surface area contributed by atoms with Gasteiger partial charge in [-0.1, -0.05) is 17.7 Å². The van der Waals surface area contributed by atoms with E-state index < -0.39 is 23.8 Å². The van der Waals surface area contributed by atoms with Gasteiger partial charge < -0.3 is 15.3 Å². The van der Waals surface area contributed by atoms with Crippen molar-refractivity contribution in [1.82, 2.24) is 5.32 Å². The van der Waals surface area contributed by atoms with Gasteiger partial charge in [0.2, 0.25) is 11.8 Å². The average Bonchev–Trinajstić information content (AvgIpc) is 2.81. The molecule has 1 aliphatic heterocycles. The Balaban J connectivity index is 2.06. The largest absolute Gasteiger partial charge is 0.480 e. The number of carbonyl (C=O) groups is 3. The van der Waals surface area contributed by atoms with Crippen LogP contribution in [-0.4, -0.2) is 35.5 Å². The second-order valence-electron chi connectivity index (χ2n) is 5.24. The summed E-state index contributed by atoms with van der Waals surface area (Å²) >= 11 is 0. The second kappa shape index (κ2) is 5.95. The summed E-state index contributed by atoms with van der Waals surface area (Å²) in [6, 6.07) is 6.49. The van der Waals surface area contributed by atoms with Gasteiger partial charge in [-0.25, -0.2) is 0 Å². The van der Waals surface area contributed by atoms with Crippen molar-refractivity contribution in [3.05, 3.63) is 29.8 Å². The van der Waals surface area contributed by atoms with E-state index in [2.05, 4.69) is 5.32 Å². The monoisotopic (exact) mass is 290 g/mol. The SMILES string of the molecule is Cc1ccc(N2CC[C@H](C(=O)N[C@@H](C)C(=O)O)C2=O)cc1. The predicted octanol–water partition coefficient (Wildman–Crippen LogP) is 0.937. The molecular weight excluding hydrogens is 272 g/mol. The summed E-state index contributed by atoms with van der Waals surface area (Å²) in [7, 11) is 0. The molecule has 21 heavy (non-hydrogen) atoms. The number of aliphatic carboxylic acids is 1. The maximum absolute atomic E-state index is 12.3. The van der Waals surface area contributed by atoms with Crippen molar-refractivity contribution in [2.24, 2.45) is 5.92 Å². The molecule has 1 aromatic carbocycles. The number of anilines is 1. The van der Waals surface area contributed by atoms with Crippen LogP contribution >= 0.6 is 0 Å². The van der Waals surface area contributed by atoms with Gasteiger partial charge in [0.1, 0.15) is 12.0 Å². The number of benzene rings is 1. The summed E-state index contributed by atoms with van der Waals surface area (Å²) in [5.74, 6) is -2.74. The number of aryl methyl sites for hydroxylation is 1. The Bertz CT molecular complexity index is 568. The number of rotatable bonds is 4.